The lowest BCUT2D eigenvalue weighted by molar-refractivity contribution is -0.385. The molecule has 0 aliphatic heterocycles. The molecule has 0 heterocycles. The zero-order chi connectivity index (χ0) is 15.5. The van der Waals surface area contributed by atoms with Gasteiger partial charge in [-0.05, 0) is 71.5 Å². The molecule has 1 aromatic rings. The quantitative estimate of drug-likeness (QED) is 0.627. The molecule has 0 aromatic heterocycles. The van der Waals surface area contributed by atoms with Gasteiger partial charge < -0.3 is 5.73 Å². The minimum Gasteiger partial charge on any atom is -0.330 e. The summed E-state index contributed by atoms with van der Waals surface area (Å²) in [5.74, 6) is 0.818. The van der Waals surface area contributed by atoms with E-state index >= 15 is 0 Å². The second kappa shape index (κ2) is 6.88. The molecule has 1 aliphatic rings. The van der Waals surface area contributed by atoms with Gasteiger partial charge in [0.25, 0.3) is 5.69 Å². The van der Waals surface area contributed by atoms with Crippen molar-refractivity contribution in [3.05, 3.63) is 38.3 Å². The molecular weight excluding hydrogens is 332 g/mol. The lowest BCUT2D eigenvalue weighted by Gasteiger charge is -2.39. The summed E-state index contributed by atoms with van der Waals surface area (Å²) >= 11 is 3.41. The Labute approximate surface area is 134 Å². The molecule has 0 bridgehead atoms. The van der Waals surface area contributed by atoms with Gasteiger partial charge in [0.15, 0.2) is 0 Å². The third kappa shape index (κ3) is 3.64. The van der Waals surface area contributed by atoms with Crippen LogP contribution >= 0.6 is 15.9 Å². The van der Waals surface area contributed by atoms with Crippen molar-refractivity contribution in [1.29, 1.82) is 0 Å². The summed E-state index contributed by atoms with van der Waals surface area (Å²) in [7, 11) is 0. The van der Waals surface area contributed by atoms with Gasteiger partial charge in [0.1, 0.15) is 0 Å². The summed E-state index contributed by atoms with van der Waals surface area (Å²) in [5, 5.41) is 11.0. The van der Waals surface area contributed by atoms with Crippen LogP contribution in [0.5, 0.6) is 0 Å². The third-order valence-electron chi connectivity index (χ3n) is 5.00. The van der Waals surface area contributed by atoms with Gasteiger partial charge in [-0.3, -0.25) is 10.1 Å². The van der Waals surface area contributed by atoms with Gasteiger partial charge in [-0.2, -0.15) is 0 Å². The van der Waals surface area contributed by atoms with Crippen molar-refractivity contribution in [3.63, 3.8) is 0 Å². The molecule has 2 N–H and O–H groups in total. The number of nitrogens with zero attached hydrogens (tertiary/aromatic N) is 1. The molecule has 0 spiro atoms. The van der Waals surface area contributed by atoms with Gasteiger partial charge in [-0.25, -0.2) is 0 Å². The highest BCUT2D eigenvalue weighted by Gasteiger charge is 2.34. The largest absolute Gasteiger partial charge is 0.330 e. The molecule has 116 valence electrons. The van der Waals surface area contributed by atoms with E-state index in [4.69, 9.17) is 5.73 Å². The topological polar surface area (TPSA) is 69.2 Å². The predicted octanol–water partition coefficient (Wildman–Crippen LogP) is 4.45. The minimum atomic E-state index is -0.337. The van der Waals surface area contributed by atoms with Crippen LogP contribution in [0.15, 0.2) is 22.7 Å². The Bertz CT molecular complexity index is 511. The van der Waals surface area contributed by atoms with Crippen molar-refractivity contribution in [2.24, 2.45) is 17.1 Å². The maximum Gasteiger partial charge on any atom is 0.283 e. The van der Waals surface area contributed by atoms with Gasteiger partial charge in [0.05, 0.1) is 9.40 Å². The minimum absolute atomic E-state index is 0.101. The Balaban J connectivity index is 2.20. The van der Waals surface area contributed by atoms with Crippen LogP contribution in [0, 0.1) is 21.4 Å². The van der Waals surface area contributed by atoms with Crippen LogP contribution in [-0.2, 0) is 6.42 Å². The number of halogens is 1. The molecule has 0 radical (unpaired) electrons. The van der Waals surface area contributed by atoms with Crippen LogP contribution < -0.4 is 5.73 Å². The van der Waals surface area contributed by atoms with Crippen molar-refractivity contribution >= 4 is 21.6 Å². The second-order valence-corrected chi connectivity index (χ2v) is 7.03. The fourth-order valence-corrected chi connectivity index (χ4v) is 3.95. The maximum absolute atomic E-state index is 11.0. The van der Waals surface area contributed by atoms with Gasteiger partial charge in [-0.15, -0.1) is 0 Å². The van der Waals surface area contributed by atoms with E-state index in [1.54, 1.807) is 6.07 Å². The highest BCUT2D eigenvalue weighted by Crippen LogP contribution is 2.43. The predicted molar refractivity (Wildman–Crippen MR) is 88.2 cm³/mol. The summed E-state index contributed by atoms with van der Waals surface area (Å²) in [5.41, 5.74) is 7.32. The van der Waals surface area contributed by atoms with Crippen molar-refractivity contribution in [2.45, 2.75) is 45.4 Å². The standard InChI is InChI=1S/C16H23BrN2O2/c1-2-12-6-8-16(11-18,9-7-12)10-13-4-3-5-14(15(13)17)19(20)21/h3-5,12H,2,6-11,18H2,1H3. The normalized spacial score (nSPS) is 25.8. The van der Waals surface area contributed by atoms with Crippen molar-refractivity contribution in [1.82, 2.24) is 0 Å². The Morgan fingerprint density at radius 3 is 2.62 bits per heavy atom. The molecule has 1 aliphatic carbocycles. The molecule has 5 heteroatoms. The molecule has 1 saturated carbocycles. The maximum atomic E-state index is 11.0. The monoisotopic (exact) mass is 354 g/mol. The lowest BCUT2D eigenvalue weighted by atomic mass is 9.67. The molecule has 0 saturated heterocycles. The van der Waals surface area contributed by atoms with Crippen LogP contribution in [-0.4, -0.2) is 11.5 Å². The van der Waals surface area contributed by atoms with E-state index < -0.39 is 0 Å². The van der Waals surface area contributed by atoms with Gasteiger partial charge in [-0.1, -0.05) is 25.5 Å². The lowest BCUT2D eigenvalue weighted by Crippen LogP contribution is -2.36. The van der Waals surface area contributed by atoms with E-state index in [0.29, 0.717) is 11.0 Å². The van der Waals surface area contributed by atoms with E-state index in [1.807, 2.05) is 6.07 Å². The van der Waals surface area contributed by atoms with Crippen molar-refractivity contribution in [2.75, 3.05) is 6.54 Å². The Morgan fingerprint density at radius 1 is 1.43 bits per heavy atom. The van der Waals surface area contributed by atoms with Crippen LogP contribution in [0.1, 0.15) is 44.6 Å². The van der Waals surface area contributed by atoms with Crippen LogP contribution in [0.4, 0.5) is 5.69 Å². The number of benzene rings is 1. The van der Waals surface area contributed by atoms with Crippen LogP contribution in [0.25, 0.3) is 0 Å². The van der Waals surface area contributed by atoms with E-state index in [2.05, 4.69) is 22.9 Å². The van der Waals surface area contributed by atoms with E-state index in [-0.39, 0.29) is 16.0 Å². The third-order valence-corrected chi connectivity index (χ3v) is 5.91. The molecule has 4 nitrogen and oxygen atoms in total. The molecule has 21 heavy (non-hydrogen) atoms. The highest BCUT2D eigenvalue weighted by atomic mass is 79.9. The molecule has 1 fully saturated rings. The molecular formula is C16H23BrN2O2. The van der Waals surface area contributed by atoms with E-state index in [1.165, 1.54) is 25.3 Å². The highest BCUT2D eigenvalue weighted by molar-refractivity contribution is 9.10. The van der Waals surface area contributed by atoms with Crippen molar-refractivity contribution in [3.8, 4) is 0 Å². The number of nitrogens with two attached hydrogens (primary N) is 1. The molecule has 0 atom stereocenters. The zero-order valence-corrected chi connectivity index (χ0v) is 14.1. The summed E-state index contributed by atoms with van der Waals surface area (Å²) in [4.78, 5) is 10.7. The first-order valence-electron chi connectivity index (χ1n) is 7.63. The molecule has 0 amide bonds. The Hall–Kier alpha value is -0.940. The summed E-state index contributed by atoms with van der Waals surface area (Å²) in [6.45, 7) is 2.90. The average Bonchev–Trinajstić information content (AvgIpc) is 2.50. The Kier molecular flexibility index (Phi) is 5.38. The fourth-order valence-electron chi connectivity index (χ4n) is 3.40. The second-order valence-electron chi connectivity index (χ2n) is 6.24. The van der Waals surface area contributed by atoms with Gasteiger partial charge >= 0.3 is 0 Å². The zero-order valence-electron chi connectivity index (χ0n) is 12.5. The van der Waals surface area contributed by atoms with Crippen LogP contribution in [0.3, 0.4) is 0 Å². The van der Waals surface area contributed by atoms with Gasteiger partial charge in [0.2, 0.25) is 0 Å². The van der Waals surface area contributed by atoms with Crippen molar-refractivity contribution < 1.29 is 4.92 Å². The Morgan fingerprint density at radius 2 is 2.10 bits per heavy atom. The molecule has 0 unspecified atom stereocenters. The summed E-state index contributed by atoms with van der Waals surface area (Å²) in [6, 6.07) is 5.28. The van der Waals surface area contributed by atoms with Crippen LogP contribution in [0.2, 0.25) is 0 Å². The fraction of sp³-hybridized carbons (Fsp3) is 0.625. The number of nitro benzene ring substituents is 1. The smallest absolute Gasteiger partial charge is 0.283 e. The first-order chi connectivity index (χ1) is 10.0. The molecule has 1 aromatic carbocycles. The number of hydrogen-bond acceptors (Lipinski definition) is 3. The summed E-state index contributed by atoms with van der Waals surface area (Å²) in [6.07, 6.45) is 6.75. The first-order valence-corrected chi connectivity index (χ1v) is 8.42. The molecule has 2 rings (SSSR count). The van der Waals surface area contributed by atoms with E-state index in [9.17, 15) is 10.1 Å². The SMILES string of the molecule is CCC1CCC(CN)(Cc2cccc([N+](=O)[O-])c2Br)CC1. The number of rotatable bonds is 5. The van der Waals surface area contributed by atoms with E-state index in [0.717, 1.165) is 30.7 Å². The number of hydrogen-bond donors (Lipinski definition) is 1. The first kappa shape index (κ1) is 16.4. The summed E-state index contributed by atoms with van der Waals surface area (Å²) < 4.78 is 0.612. The van der Waals surface area contributed by atoms with Gasteiger partial charge in [0, 0.05) is 6.07 Å². The average molecular weight is 355 g/mol. The number of nitro groups is 1.